The summed E-state index contributed by atoms with van der Waals surface area (Å²) in [5.74, 6) is 1.02. The van der Waals surface area contributed by atoms with E-state index in [0.29, 0.717) is 35.9 Å². The number of aryl methyl sites for hydroxylation is 2. The van der Waals surface area contributed by atoms with E-state index in [0.717, 1.165) is 32.0 Å². The summed E-state index contributed by atoms with van der Waals surface area (Å²) < 4.78 is 21.3. The van der Waals surface area contributed by atoms with Gasteiger partial charge in [0.1, 0.15) is 22.4 Å². The molecule has 52 heavy (non-hydrogen) atoms. The average molecular weight is 764 g/mol. The van der Waals surface area contributed by atoms with Crippen LogP contribution in [0.25, 0.3) is 20.8 Å². The fourth-order valence-corrected chi connectivity index (χ4v) is 17.8. The quantitative estimate of drug-likeness (QED) is 0.0952. The van der Waals surface area contributed by atoms with E-state index in [4.69, 9.17) is 28.2 Å². The number of thiazole rings is 1. The topological polar surface area (TPSA) is 124 Å². The summed E-state index contributed by atoms with van der Waals surface area (Å²) in [5.41, 5.74) is 6.28. The first-order valence-corrected chi connectivity index (χ1v) is 23.1. The lowest BCUT2D eigenvalue weighted by molar-refractivity contribution is -0.0205. The number of aliphatic hydroxyl groups excluding tert-OH is 1. The second-order valence-electron chi connectivity index (χ2n) is 15.6. The van der Waals surface area contributed by atoms with Gasteiger partial charge in [0.2, 0.25) is 15.0 Å². The monoisotopic (exact) mass is 763 g/mol. The van der Waals surface area contributed by atoms with Gasteiger partial charge in [-0.15, -0.1) is 11.3 Å². The summed E-state index contributed by atoms with van der Waals surface area (Å²) >= 11 is 1.59. The van der Waals surface area contributed by atoms with Gasteiger partial charge in [0.25, 0.3) is 0 Å². The van der Waals surface area contributed by atoms with E-state index in [2.05, 4.69) is 109 Å². The standard InChI is InChI=1S/C39H59N6O4SSi2/c1-22(2)51(23(3)4)49-52(24(5)6,25(7)8)48-21-30-19-31(36(47-12)35(30)46)43-37-34(38-44-32-20-40-18-17-33(32)50-38)28(11)42-39(45-37)41-27(10)29-15-13-26(9)14-16-29/h13-18,20,22-25,27,30-31,35-36,46H,19,21H2,1-12H3,(H2,41,42,43,45)/t27-,30-,31-,35-,36+/m1/s1. The predicted octanol–water partition coefficient (Wildman–Crippen LogP) is 9.22. The maximum Gasteiger partial charge on any atom is 0.333 e. The van der Waals surface area contributed by atoms with Crippen molar-refractivity contribution in [2.45, 2.75) is 129 Å². The van der Waals surface area contributed by atoms with Crippen molar-refractivity contribution in [1.82, 2.24) is 19.9 Å². The Morgan fingerprint density at radius 1 is 0.942 bits per heavy atom. The fraction of sp³-hybridized carbons (Fsp3) is 0.590. The van der Waals surface area contributed by atoms with Crippen LogP contribution in [0.2, 0.25) is 22.2 Å². The molecule has 5 atom stereocenters. The second-order valence-corrected chi connectivity index (χ2v) is 24.6. The summed E-state index contributed by atoms with van der Waals surface area (Å²) in [5, 5.41) is 19.8. The molecule has 0 unspecified atom stereocenters. The van der Waals surface area contributed by atoms with Crippen LogP contribution in [0.1, 0.15) is 91.6 Å². The molecule has 0 aliphatic heterocycles. The summed E-state index contributed by atoms with van der Waals surface area (Å²) in [6.45, 7) is 24.6. The highest BCUT2D eigenvalue weighted by Crippen LogP contribution is 2.42. The molecule has 3 N–H and O–H groups in total. The first-order valence-electron chi connectivity index (χ1n) is 18.7. The number of hydrogen-bond donors (Lipinski definition) is 3. The van der Waals surface area contributed by atoms with Gasteiger partial charge in [-0.25, -0.2) is 9.97 Å². The zero-order valence-electron chi connectivity index (χ0n) is 33.0. The van der Waals surface area contributed by atoms with Crippen LogP contribution in [0.15, 0.2) is 42.7 Å². The Bertz CT molecular complexity index is 1720. The molecule has 0 saturated heterocycles. The average Bonchev–Trinajstić information content (AvgIpc) is 3.64. The van der Waals surface area contributed by atoms with Crippen molar-refractivity contribution in [3.63, 3.8) is 0 Å². The first-order chi connectivity index (χ1) is 24.6. The zero-order valence-corrected chi connectivity index (χ0v) is 35.8. The maximum absolute atomic E-state index is 11.8. The minimum atomic E-state index is -2.66. The Morgan fingerprint density at radius 3 is 2.21 bits per heavy atom. The zero-order chi connectivity index (χ0) is 37.9. The number of aliphatic hydroxyl groups is 1. The van der Waals surface area contributed by atoms with Crippen molar-refractivity contribution in [2.24, 2.45) is 5.92 Å². The van der Waals surface area contributed by atoms with E-state index in [-0.39, 0.29) is 29.1 Å². The van der Waals surface area contributed by atoms with Crippen molar-refractivity contribution < 1.29 is 18.4 Å². The highest BCUT2D eigenvalue weighted by atomic mass is 32.1. The molecular formula is C39H59N6O4SSi2. The van der Waals surface area contributed by atoms with Crippen LogP contribution in [-0.4, -0.2) is 74.6 Å². The van der Waals surface area contributed by atoms with Crippen LogP contribution in [0.4, 0.5) is 11.8 Å². The molecule has 283 valence electrons. The third-order valence-electron chi connectivity index (χ3n) is 10.3. The molecule has 4 aromatic rings. The molecule has 3 aromatic heterocycles. The van der Waals surface area contributed by atoms with Crippen molar-refractivity contribution in [3.05, 3.63) is 59.5 Å². The van der Waals surface area contributed by atoms with E-state index in [1.165, 1.54) is 5.56 Å². The van der Waals surface area contributed by atoms with Gasteiger partial charge in [-0.05, 0) is 61.0 Å². The first kappa shape index (κ1) is 40.4. The van der Waals surface area contributed by atoms with Crippen LogP contribution < -0.4 is 10.6 Å². The highest BCUT2D eigenvalue weighted by Gasteiger charge is 2.50. The van der Waals surface area contributed by atoms with Crippen molar-refractivity contribution in [2.75, 3.05) is 24.4 Å². The highest BCUT2D eigenvalue weighted by molar-refractivity contribution is 7.21. The molecule has 0 bridgehead atoms. The number of benzene rings is 1. The number of fused-ring (bicyclic) bond motifs is 1. The third-order valence-corrected chi connectivity index (χ3v) is 19.7. The number of nitrogens with one attached hydrogen (secondary N) is 2. The van der Waals surface area contributed by atoms with Crippen LogP contribution in [0, 0.1) is 19.8 Å². The molecule has 0 amide bonds. The molecule has 5 rings (SSSR count). The number of anilines is 2. The maximum atomic E-state index is 11.8. The molecule has 3 heterocycles. The number of ether oxygens (including phenoxy) is 1. The van der Waals surface area contributed by atoms with Gasteiger partial charge in [0.15, 0.2) is 0 Å². The Morgan fingerprint density at radius 2 is 1.62 bits per heavy atom. The van der Waals surface area contributed by atoms with E-state index in [1.807, 2.05) is 13.0 Å². The molecule has 1 aromatic carbocycles. The lowest BCUT2D eigenvalue weighted by Gasteiger charge is -2.42. The third kappa shape index (κ3) is 8.77. The van der Waals surface area contributed by atoms with E-state index in [1.54, 1.807) is 30.8 Å². The Labute approximate surface area is 317 Å². The number of methoxy groups -OCH3 is 1. The molecule has 13 heteroatoms. The molecule has 10 nitrogen and oxygen atoms in total. The SMILES string of the molecule is CO[C@@H]1[C@H](O)[C@@H](CO[Si](O[Si](C(C)C)C(C)C)(C(C)C)C(C)C)C[C@H]1Nc1nc(N[C@H](C)c2ccc(C)cc2)nc(C)c1-c1nc2cnccc2s1. The van der Waals surface area contributed by atoms with Gasteiger partial charge in [0, 0.05) is 25.8 Å². The van der Waals surface area contributed by atoms with Crippen molar-refractivity contribution in [1.29, 1.82) is 0 Å². The summed E-state index contributed by atoms with van der Waals surface area (Å²) in [7, 11) is -2.12. The lowest BCUT2D eigenvalue weighted by atomic mass is 10.1. The van der Waals surface area contributed by atoms with Gasteiger partial charge >= 0.3 is 8.56 Å². The minimum absolute atomic E-state index is 0.0180. The summed E-state index contributed by atoms with van der Waals surface area (Å²) in [6, 6.07) is 10.2. The predicted molar refractivity (Wildman–Crippen MR) is 218 cm³/mol. The Kier molecular flexibility index (Phi) is 13.3. The molecule has 1 aliphatic rings. The van der Waals surface area contributed by atoms with Gasteiger partial charge in [0.05, 0.1) is 40.3 Å². The van der Waals surface area contributed by atoms with E-state index >= 15 is 0 Å². The number of hydrogen-bond acceptors (Lipinski definition) is 11. The number of rotatable bonds is 16. The Balaban J connectivity index is 1.45. The van der Waals surface area contributed by atoms with Gasteiger partial charge in [-0.2, -0.15) is 4.98 Å². The lowest BCUT2D eigenvalue weighted by Crippen LogP contribution is -2.54. The minimum Gasteiger partial charge on any atom is -0.435 e. The molecule has 1 radical (unpaired) electrons. The molecule has 1 saturated carbocycles. The fourth-order valence-electron chi connectivity index (χ4n) is 7.50. The molecule has 0 spiro atoms. The van der Waals surface area contributed by atoms with Gasteiger partial charge < -0.3 is 29.0 Å². The normalized spacial score (nSPS) is 20.3. The van der Waals surface area contributed by atoms with Gasteiger partial charge in [-0.1, -0.05) is 85.2 Å². The number of aromatic nitrogens is 4. The number of pyridine rings is 1. The smallest absolute Gasteiger partial charge is 0.333 e. The largest absolute Gasteiger partial charge is 0.435 e. The summed E-state index contributed by atoms with van der Waals surface area (Å²) in [4.78, 5) is 19.2. The molecular weight excluding hydrogens is 705 g/mol. The molecule has 1 aliphatic carbocycles. The van der Waals surface area contributed by atoms with E-state index in [9.17, 15) is 5.11 Å². The van der Waals surface area contributed by atoms with Crippen LogP contribution in [0.5, 0.6) is 0 Å². The van der Waals surface area contributed by atoms with Crippen LogP contribution in [-0.2, 0) is 13.3 Å². The van der Waals surface area contributed by atoms with Crippen molar-refractivity contribution in [3.8, 4) is 10.6 Å². The van der Waals surface area contributed by atoms with Gasteiger partial charge in [-0.3, -0.25) is 4.98 Å². The second kappa shape index (κ2) is 17.1. The molecule has 1 fully saturated rings. The number of nitrogens with zero attached hydrogens (tertiary/aromatic N) is 4. The van der Waals surface area contributed by atoms with E-state index < -0.39 is 29.8 Å². The van der Waals surface area contributed by atoms with Crippen LogP contribution in [0.3, 0.4) is 0 Å². The summed E-state index contributed by atoms with van der Waals surface area (Å²) in [6.07, 6.45) is 3.01. The Hall–Kier alpha value is -2.79. The van der Waals surface area contributed by atoms with Crippen LogP contribution >= 0.6 is 11.3 Å². The van der Waals surface area contributed by atoms with Crippen molar-refractivity contribution >= 4 is 50.9 Å².